The van der Waals surface area contributed by atoms with Crippen LogP contribution in [0.2, 0.25) is 0 Å². The molecular formula is C16H20O. The SMILES string of the molecule is CCCOc1ccc(C2=CC3CCC2C3)cc1. The Morgan fingerprint density at radius 2 is 2.00 bits per heavy atom. The third-order valence-electron chi connectivity index (χ3n) is 3.99. The lowest BCUT2D eigenvalue weighted by molar-refractivity contribution is 0.317. The second-order valence-electron chi connectivity index (χ2n) is 5.26. The van der Waals surface area contributed by atoms with Gasteiger partial charge in [0, 0.05) is 0 Å². The molecule has 0 amide bonds. The minimum Gasteiger partial charge on any atom is -0.494 e. The summed E-state index contributed by atoms with van der Waals surface area (Å²) in [6.07, 6.45) is 7.76. The second kappa shape index (κ2) is 4.56. The fraction of sp³-hybridized carbons (Fsp3) is 0.500. The van der Waals surface area contributed by atoms with E-state index >= 15 is 0 Å². The van der Waals surface area contributed by atoms with E-state index in [-0.39, 0.29) is 0 Å². The van der Waals surface area contributed by atoms with Gasteiger partial charge >= 0.3 is 0 Å². The zero-order valence-electron chi connectivity index (χ0n) is 10.5. The summed E-state index contributed by atoms with van der Waals surface area (Å²) in [4.78, 5) is 0. The summed E-state index contributed by atoms with van der Waals surface area (Å²) < 4.78 is 5.62. The van der Waals surface area contributed by atoms with Gasteiger partial charge in [-0.15, -0.1) is 0 Å². The molecule has 2 aliphatic carbocycles. The third kappa shape index (κ3) is 2.11. The van der Waals surface area contributed by atoms with E-state index in [9.17, 15) is 0 Å². The smallest absolute Gasteiger partial charge is 0.119 e. The summed E-state index contributed by atoms with van der Waals surface area (Å²) in [5, 5.41) is 0. The Kier molecular flexibility index (Phi) is 2.92. The van der Waals surface area contributed by atoms with Crippen LogP contribution in [0.5, 0.6) is 5.75 Å². The van der Waals surface area contributed by atoms with Gasteiger partial charge in [-0.1, -0.05) is 25.1 Å². The Hall–Kier alpha value is -1.24. The molecule has 3 rings (SSSR count). The Balaban J connectivity index is 1.74. The van der Waals surface area contributed by atoms with E-state index in [1.165, 1.54) is 24.8 Å². The highest BCUT2D eigenvalue weighted by molar-refractivity contribution is 5.71. The zero-order chi connectivity index (χ0) is 11.7. The van der Waals surface area contributed by atoms with Crippen LogP contribution in [-0.4, -0.2) is 6.61 Å². The summed E-state index contributed by atoms with van der Waals surface area (Å²) in [7, 11) is 0. The quantitative estimate of drug-likeness (QED) is 0.747. The molecule has 1 aromatic carbocycles. The predicted octanol–water partition coefficient (Wildman–Crippen LogP) is 4.29. The van der Waals surface area contributed by atoms with Gasteiger partial charge in [-0.3, -0.25) is 0 Å². The van der Waals surface area contributed by atoms with Crippen molar-refractivity contribution in [2.24, 2.45) is 11.8 Å². The summed E-state index contributed by atoms with van der Waals surface area (Å²) >= 11 is 0. The Morgan fingerprint density at radius 1 is 1.18 bits per heavy atom. The first-order valence-electron chi connectivity index (χ1n) is 6.81. The highest BCUT2D eigenvalue weighted by Gasteiger charge is 2.32. The Labute approximate surface area is 103 Å². The van der Waals surface area contributed by atoms with Crippen molar-refractivity contribution in [3.8, 4) is 5.75 Å². The molecule has 1 aromatic rings. The molecule has 0 aliphatic heterocycles. The number of allylic oxidation sites excluding steroid dienone is 2. The zero-order valence-corrected chi connectivity index (χ0v) is 10.5. The number of hydrogen-bond acceptors (Lipinski definition) is 1. The van der Waals surface area contributed by atoms with E-state index in [4.69, 9.17) is 4.74 Å². The molecule has 1 nitrogen and oxygen atoms in total. The molecular weight excluding hydrogens is 208 g/mol. The van der Waals surface area contributed by atoms with E-state index in [1.807, 2.05) is 0 Å². The Morgan fingerprint density at radius 3 is 2.59 bits per heavy atom. The second-order valence-corrected chi connectivity index (χ2v) is 5.26. The van der Waals surface area contributed by atoms with E-state index in [2.05, 4.69) is 37.3 Å². The summed E-state index contributed by atoms with van der Waals surface area (Å²) in [6, 6.07) is 8.66. The first-order valence-corrected chi connectivity index (χ1v) is 6.81. The van der Waals surface area contributed by atoms with Crippen LogP contribution in [0.15, 0.2) is 30.3 Å². The first kappa shape index (κ1) is 10.9. The minimum atomic E-state index is 0.812. The molecule has 1 heteroatoms. The van der Waals surface area contributed by atoms with Crippen molar-refractivity contribution in [2.75, 3.05) is 6.61 Å². The molecule has 2 bridgehead atoms. The summed E-state index contributed by atoms with van der Waals surface area (Å²) in [5.41, 5.74) is 2.99. The van der Waals surface area contributed by atoms with Gasteiger partial charge in [0.1, 0.15) is 5.75 Å². The molecule has 2 aliphatic rings. The molecule has 1 fully saturated rings. The van der Waals surface area contributed by atoms with E-state index in [0.29, 0.717) is 0 Å². The van der Waals surface area contributed by atoms with Crippen LogP contribution in [0, 0.1) is 11.8 Å². The molecule has 0 saturated heterocycles. The van der Waals surface area contributed by atoms with Crippen LogP contribution in [0.1, 0.15) is 38.2 Å². The van der Waals surface area contributed by atoms with Crippen molar-refractivity contribution in [3.05, 3.63) is 35.9 Å². The van der Waals surface area contributed by atoms with Gasteiger partial charge in [-0.25, -0.2) is 0 Å². The average molecular weight is 228 g/mol. The molecule has 0 heterocycles. The van der Waals surface area contributed by atoms with Crippen molar-refractivity contribution < 1.29 is 4.74 Å². The molecule has 2 atom stereocenters. The fourth-order valence-electron chi connectivity index (χ4n) is 3.14. The summed E-state index contributed by atoms with van der Waals surface area (Å²) in [5.74, 6) is 2.70. The molecule has 90 valence electrons. The molecule has 0 radical (unpaired) electrons. The molecule has 17 heavy (non-hydrogen) atoms. The molecule has 1 saturated carbocycles. The number of hydrogen-bond donors (Lipinski definition) is 0. The standard InChI is InChI=1S/C16H20O/c1-2-9-17-15-7-5-13(6-8-15)16-11-12-3-4-14(16)10-12/h5-8,11-12,14H,2-4,9-10H2,1H3. The molecule has 0 spiro atoms. The lowest BCUT2D eigenvalue weighted by atomic mass is 9.92. The summed E-state index contributed by atoms with van der Waals surface area (Å²) in [6.45, 7) is 2.95. The fourth-order valence-corrected chi connectivity index (χ4v) is 3.14. The maximum absolute atomic E-state index is 5.62. The van der Waals surface area contributed by atoms with Crippen molar-refractivity contribution in [1.82, 2.24) is 0 Å². The van der Waals surface area contributed by atoms with Crippen LogP contribution in [0.3, 0.4) is 0 Å². The van der Waals surface area contributed by atoms with Crippen molar-refractivity contribution in [1.29, 1.82) is 0 Å². The third-order valence-corrected chi connectivity index (χ3v) is 3.99. The van der Waals surface area contributed by atoms with Crippen molar-refractivity contribution >= 4 is 5.57 Å². The van der Waals surface area contributed by atoms with Gasteiger partial charge in [0.25, 0.3) is 0 Å². The predicted molar refractivity (Wildman–Crippen MR) is 71.0 cm³/mol. The molecule has 0 N–H and O–H groups in total. The maximum atomic E-state index is 5.62. The number of benzene rings is 1. The lowest BCUT2D eigenvalue weighted by Crippen LogP contribution is -1.98. The molecule has 0 aromatic heterocycles. The van der Waals surface area contributed by atoms with E-state index in [1.54, 1.807) is 5.57 Å². The number of ether oxygens (including phenoxy) is 1. The van der Waals surface area contributed by atoms with Crippen LogP contribution in [-0.2, 0) is 0 Å². The van der Waals surface area contributed by atoms with Crippen molar-refractivity contribution in [3.63, 3.8) is 0 Å². The van der Waals surface area contributed by atoms with E-state index < -0.39 is 0 Å². The highest BCUT2D eigenvalue weighted by atomic mass is 16.5. The average Bonchev–Trinajstić information content (AvgIpc) is 2.99. The van der Waals surface area contributed by atoms with Crippen LogP contribution >= 0.6 is 0 Å². The Bertz CT molecular complexity index is 416. The topological polar surface area (TPSA) is 9.23 Å². The van der Waals surface area contributed by atoms with Gasteiger partial charge in [0.15, 0.2) is 0 Å². The number of rotatable bonds is 4. The highest BCUT2D eigenvalue weighted by Crippen LogP contribution is 2.47. The molecule has 2 unspecified atom stereocenters. The van der Waals surface area contributed by atoms with Gasteiger partial charge < -0.3 is 4.74 Å². The van der Waals surface area contributed by atoms with Gasteiger partial charge in [0.05, 0.1) is 6.61 Å². The number of fused-ring (bicyclic) bond motifs is 2. The van der Waals surface area contributed by atoms with Crippen molar-refractivity contribution in [2.45, 2.75) is 32.6 Å². The maximum Gasteiger partial charge on any atom is 0.119 e. The lowest BCUT2D eigenvalue weighted by Gasteiger charge is -2.14. The minimum absolute atomic E-state index is 0.812. The van der Waals surface area contributed by atoms with Gasteiger partial charge in [-0.2, -0.15) is 0 Å². The largest absolute Gasteiger partial charge is 0.494 e. The normalized spacial score (nSPS) is 26.1. The first-order chi connectivity index (χ1) is 8.36. The van der Waals surface area contributed by atoms with E-state index in [0.717, 1.165) is 30.6 Å². The van der Waals surface area contributed by atoms with Gasteiger partial charge in [-0.05, 0) is 60.8 Å². The monoisotopic (exact) mass is 228 g/mol. The van der Waals surface area contributed by atoms with Crippen LogP contribution in [0.25, 0.3) is 5.57 Å². The van der Waals surface area contributed by atoms with Crippen LogP contribution < -0.4 is 4.74 Å². The van der Waals surface area contributed by atoms with Crippen LogP contribution in [0.4, 0.5) is 0 Å². The van der Waals surface area contributed by atoms with Gasteiger partial charge in [0.2, 0.25) is 0 Å².